The van der Waals surface area contributed by atoms with Gasteiger partial charge in [0.1, 0.15) is 52.1 Å². The van der Waals surface area contributed by atoms with E-state index in [0.717, 1.165) is 90.5 Å². The van der Waals surface area contributed by atoms with Gasteiger partial charge in [0.2, 0.25) is 47.4 Å². The van der Waals surface area contributed by atoms with E-state index in [4.69, 9.17) is 11.6 Å². The molecule has 8 aromatic rings. The first-order valence-corrected chi connectivity index (χ1v) is 36.3. The van der Waals surface area contributed by atoms with Crippen molar-refractivity contribution in [2.24, 2.45) is 23.7 Å². The van der Waals surface area contributed by atoms with Gasteiger partial charge >= 0.3 is 0 Å². The Balaban J connectivity index is 0.000000148. The van der Waals surface area contributed by atoms with Gasteiger partial charge in [0.15, 0.2) is 28.5 Å². The summed E-state index contributed by atoms with van der Waals surface area (Å²) in [6.07, 6.45) is 0.391. The van der Waals surface area contributed by atoms with Gasteiger partial charge < -0.3 is 18.3 Å². The number of carbonyl (C=O) groups excluding carboxylic acids is 4. The Morgan fingerprint density at radius 2 is 0.759 bits per heavy atom. The largest absolute Gasteiger partial charge is 0.305 e. The molecule has 18 nitrogen and oxygen atoms in total. The van der Waals surface area contributed by atoms with Crippen molar-refractivity contribution in [3.63, 3.8) is 0 Å². The lowest BCUT2D eigenvalue weighted by Gasteiger charge is -2.47. The van der Waals surface area contributed by atoms with Gasteiger partial charge in [-0.05, 0) is 152 Å². The van der Waals surface area contributed by atoms with E-state index in [1.807, 2.05) is 46.8 Å². The zero-order chi connectivity index (χ0) is 83.1. The molecule has 0 radical (unpaired) electrons. The lowest BCUT2D eigenvalue weighted by Crippen LogP contribution is -2.60. The first-order valence-electron chi connectivity index (χ1n) is 35.9. The van der Waals surface area contributed by atoms with Crippen LogP contribution in [0.4, 0.5) is 98.4 Å². The van der Waals surface area contributed by atoms with Crippen LogP contribution in [0.3, 0.4) is 0 Å². The molecular formula is C76H80ClF17N14O4. The predicted octanol–water partition coefficient (Wildman–Crippen LogP) is 19.4. The van der Waals surface area contributed by atoms with Crippen LogP contribution in [0.2, 0.25) is 5.02 Å². The van der Waals surface area contributed by atoms with Crippen LogP contribution >= 0.6 is 11.6 Å². The van der Waals surface area contributed by atoms with Gasteiger partial charge in [0, 0.05) is 115 Å². The molecule has 0 saturated heterocycles. The Morgan fingerprint density at radius 1 is 0.438 bits per heavy atom. The second kappa shape index (κ2) is 28.4. The average Bonchev–Trinajstić information content (AvgIpc) is 1.76. The summed E-state index contributed by atoms with van der Waals surface area (Å²) in [6, 6.07) is 13.1. The van der Waals surface area contributed by atoms with E-state index >= 15 is 0 Å². The summed E-state index contributed by atoms with van der Waals surface area (Å²) in [5.41, 5.74) is -11.4. The maximum atomic E-state index is 14.3. The molecule has 14 rings (SSSR count). The predicted molar refractivity (Wildman–Crippen MR) is 381 cm³/mol. The number of amides is 4. The molecule has 36 heteroatoms. The number of rotatable bonds is 14. The molecule has 4 amide bonds. The topological polar surface area (TPSA) is 235 Å². The van der Waals surface area contributed by atoms with Gasteiger partial charge in [-0.25, -0.2) is 94.6 Å². The van der Waals surface area contributed by atoms with Crippen LogP contribution in [0.5, 0.6) is 0 Å². The number of anilines is 4. The fourth-order valence-electron chi connectivity index (χ4n) is 15.4. The van der Waals surface area contributed by atoms with Crippen molar-refractivity contribution in [1.29, 1.82) is 10.5 Å². The third-order valence-corrected chi connectivity index (χ3v) is 23.4. The van der Waals surface area contributed by atoms with Crippen molar-refractivity contribution in [3.05, 3.63) is 93.8 Å². The first kappa shape index (κ1) is 83.6. The van der Waals surface area contributed by atoms with E-state index in [1.165, 1.54) is 22.8 Å². The minimum atomic E-state index is -3.46. The zero-order valence-electron chi connectivity index (χ0n) is 62.7. The Hall–Kier alpha value is -9.28. The van der Waals surface area contributed by atoms with E-state index in [0.29, 0.717) is 22.6 Å². The molecule has 0 bridgehead atoms. The number of hydrogen-bond acceptors (Lipinski definition) is 10. The Labute approximate surface area is 635 Å². The molecule has 6 aliphatic carbocycles. The van der Waals surface area contributed by atoms with Gasteiger partial charge in [0.05, 0.1) is 43.6 Å². The number of fused-ring (bicyclic) bond motifs is 4. The van der Waals surface area contributed by atoms with Gasteiger partial charge in [-0.2, -0.15) is 10.5 Å². The summed E-state index contributed by atoms with van der Waals surface area (Å²) in [5, 5.41) is 28.9. The number of benzene rings is 4. The molecule has 112 heavy (non-hydrogen) atoms. The van der Waals surface area contributed by atoms with Crippen molar-refractivity contribution in [1.82, 2.24) is 38.2 Å². The molecule has 4 aromatic heterocycles. The molecule has 4 heterocycles. The Morgan fingerprint density at radius 3 is 1.06 bits per heavy atom. The van der Waals surface area contributed by atoms with E-state index in [1.54, 1.807) is 34.5 Å². The molecule has 6 aliphatic rings. The standard InChI is InChI=1S/2C20H20F4N4O.C18H20ClF4N3O.C18H20F5N3O/c2*1-18(6-3-7-18)28-16-12(10-25)13(21)4-5-14(16)26-17(28)27-15(29)8-11-9-20(23,24)19(11,2)22;1-16(2,3)26-13-6-10(19)11(20)7-12(13)24-15(26)25-14(27)5-9-8-18(22,23)17(9,4)21;1-16(2,3)26-14-11(20)6-10(19)7-12(14)24-15(26)25-13(27)5-9-8-18(22,23)17(9,4)21/h2*4-5,11H,3,6-9H2,1-2H3,(H,26,27,29);2*6-7,9H,5,8H2,1-4H3,(H,24,25,27). The minimum absolute atomic E-state index is 0.00299. The second-order valence-corrected chi connectivity index (χ2v) is 33.6. The molecule has 0 spiro atoms. The van der Waals surface area contributed by atoms with Crippen molar-refractivity contribution in [2.75, 3.05) is 21.3 Å². The van der Waals surface area contributed by atoms with E-state index in [-0.39, 0.29) is 67.5 Å². The fraction of sp³-hybridized carbons (Fsp3) is 0.553. The lowest BCUT2D eigenvalue weighted by molar-refractivity contribution is -0.242. The summed E-state index contributed by atoms with van der Waals surface area (Å²) >= 11 is 5.86. The summed E-state index contributed by atoms with van der Waals surface area (Å²) < 4.78 is 239. The average molecular weight is 1610 g/mol. The van der Waals surface area contributed by atoms with Crippen LogP contribution in [0.25, 0.3) is 44.1 Å². The van der Waals surface area contributed by atoms with Crippen molar-refractivity contribution >= 4 is 103 Å². The summed E-state index contributed by atoms with van der Waals surface area (Å²) in [7, 11) is 0. The highest BCUT2D eigenvalue weighted by molar-refractivity contribution is 6.31. The lowest BCUT2D eigenvalue weighted by atomic mass is 9.67. The van der Waals surface area contributed by atoms with Gasteiger partial charge in [-0.1, -0.05) is 11.6 Å². The number of imidazole rings is 4. The van der Waals surface area contributed by atoms with Crippen LogP contribution in [0.1, 0.15) is 184 Å². The van der Waals surface area contributed by atoms with Crippen LogP contribution < -0.4 is 21.3 Å². The molecule has 0 aliphatic heterocycles. The number of hydrogen-bond donors (Lipinski definition) is 4. The highest BCUT2D eigenvalue weighted by Crippen LogP contribution is 2.59. The molecule has 8 unspecified atom stereocenters. The fourth-order valence-corrected chi connectivity index (χ4v) is 15.5. The number of halogens is 18. The Kier molecular flexibility index (Phi) is 21.2. The highest BCUT2D eigenvalue weighted by atomic mass is 35.5. The summed E-state index contributed by atoms with van der Waals surface area (Å²) in [4.78, 5) is 66.5. The molecule has 4 N–H and O–H groups in total. The van der Waals surface area contributed by atoms with Crippen LogP contribution in [0, 0.1) is 75.4 Å². The SMILES string of the molecule is CC(C)(C)n1c(NC(=O)CC2CC(F)(F)C2(C)F)nc2cc(F)c(Cl)cc21.CC(C)(C)n1c(NC(=O)CC2CC(F)(F)C2(C)F)nc2cc(F)cc(F)c21.CC1(n2c(NC(=O)CC3CC(F)(F)C3(C)F)nc3ccc(F)c(C#N)c32)CCC1.CC1(n2c(NC(=O)CC3CC(F)(F)C3(C)F)nc3ccc(F)c(C#N)c32)CCC1. The third kappa shape index (κ3) is 14.7. The monoisotopic (exact) mass is 1610 g/mol. The van der Waals surface area contributed by atoms with Crippen molar-refractivity contribution < 1.29 is 93.8 Å². The number of aromatic nitrogens is 8. The second-order valence-electron chi connectivity index (χ2n) is 33.2. The maximum absolute atomic E-state index is 14.3. The molecule has 4 aromatic carbocycles. The molecular weight excluding hydrogens is 1530 g/mol. The molecule has 8 atom stereocenters. The van der Waals surface area contributed by atoms with Crippen LogP contribution in [-0.4, -0.2) is 108 Å². The van der Waals surface area contributed by atoms with Crippen LogP contribution in [-0.2, 0) is 41.3 Å². The molecule has 6 saturated carbocycles. The van der Waals surface area contributed by atoms with E-state index in [9.17, 15) is 104 Å². The summed E-state index contributed by atoms with van der Waals surface area (Å²) in [5.74, 6) is -24.2. The van der Waals surface area contributed by atoms with Gasteiger partial charge in [0.25, 0.3) is 23.7 Å². The number of alkyl halides is 12. The normalized spacial score (nSPS) is 25.9. The molecule has 604 valence electrons. The number of carbonyl (C=O) groups is 4. The van der Waals surface area contributed by atoms with E-state index in [2.05, 4.69) is 41.2 Å². The van der Waals surface area contributed by atoms with Gasteiger partial charge in [-0.3, -0.25) is 40.4 Å². The highest BCUT2D eigenvalue weighted by Gasteiger charge is 2.70. The summed E-state index contributed by atoms with van der Waals surface area (Å²) in [6.45, 7) is 17.8. The van der Waals surface area contributed by atoms with E-state index < -0.39 is 196 Å². The number of nitrogens with one attached hydrogen (secondary N) is 4. The number of nitriles is 2. The van der Waals surface area contributed by atoms with Crippen molar-refractivity contribution in [2.45, 2.75) is 241 Å². The first-order chi connectivity index (χ1) is 51.5. The maximum Gasteiger partial charge on any atom is 0.281 e. The number of nitrogens with zero attached hydrogens (tertiary/aromatic N) is 10. The Bertz CT molecular complexity index is 5030. The molecule has 6 fully saturated rings. The van der Waals surface area contributed by atoms with Crippen LogP contribution in [0.15, 0.2) is 48.5 Å². The third-order valence-electron chi connectivity index (χ3n) is 23.1. The quantitative estimate of drug-likeness (QED) is 0.0752. The zero-order valence-corrected chi connectivity index (χ0v) is 63.5. The van der Waals surface area contributed by atoms with Gasteiger partial charge in [-0.15, -0.1) is 0 Å². The minimum Gasteiger partial charge on any atom is -0.305 e. The smallest absolute Gasteiger partial charge is 0.281 e. The van der Waals surface area contributed by atoms with Crippen molar-refractivity contribution in [3.8, 4) is 12.1 Å².